The van der Waals surface area contributed by atoms with Gasteiger partial charge in [-0.2, -0.15) is 0 Å². The maximum Gasteiger partial charge on any atom is 0.340 e. The average Bonchev–Trinajstić information content (AvgIpc) is 2.35. The molecule has 0 aliphatic rings. The molecule has 6 heteroatoms. The number of ether oxygens (including phenoxy) is 1. The van der Waals surface area contributed by atoms with Crippen molar-refractivity contribution in [3.8, 4) is 0 Å². The molecule has 0 fully saturated rings. The van der Waals surface area contributed by atoms with E-state index in [2.05, 4.69) is 26.0 Å². The molecule has 1 unspecified atom stereocenters. The Morgan fingerprint density at radius 2 is 2.35 bits per heavy atom. The zero-order chi connectivity index (χ0) is 12.8. The van der Waals surface area contributed by atoms with Gasteiger partial charge in [0.2, 0.25) is 0 Å². The Bertz CT molecular complexity index is 400. The first kappa shape index (κ1) is 14.3. The fraction of sp³-hybridized carbons (Fsp3) is 0.364. The van der Waals surface area contributed by atoms with Crippen molar-refractivity contribution in [2.45, 2.75) is 6.10 Å². The summed E-state index contributed by atoms with van der Waals surface area (Å²) in [7, 11) is 1.32. The van der Waals surface area contributed by atoms with Crippen LogP contribution in [0.1, 0.15) is 10.4 Å². The van der Waals surface area contributed by atoms with Crippen LogP contribution in [0.25, 0.3) is 0 Å². The molecule has 4 nitrogen and oxygen atoms in total. The van der Waals surface area contributed by atoms with Crippen LogP contribution in [0.4, 0.5) is 5.69 Å². The molecule has 1 atom stereocenters. The maximum absolute atomic E-state index is 11.5. The predicted molar refractivity (Wildman–Crippen MR) is 70.7 cm³/mol. The predicted octanol–water partition coefficient (Wildman–Crippen LogP) is 2.25. The second kappa shape index (κ2) is 6.83. The van der Waals surface area contributed by atoms with Crippen LogP contribution in [0, 0.1) is 0 Å². The topological polar surface area (TPSA) is 58.6 Å². The van der Waals surface area contributed by atoms with Gasteiger partial charge in [-0.3, -0.25) is 0 Å². The number of methoxy groups -OCH3 is 1. The summed E-state index contributed by atoms with van der Waals surface area (Å²) < 4.78 is 5.46. The molecule has 0 radical (unpaired) electrons. The van der Waals surface area contributed by atoms with Crippen molar-refractivity contribution in [1.29, 1.82) is 0 Å². The minimum Gasteiger partial charge on any atom is -0.465 e. The van der Waals surface area contributed by atoms with Crippen LogP contribution in [0.3, 0.4) is 0 Å². The van der Waals surface area contributed by atoms with Gasteiger partial charge in [0.25, 0.3) is 0 Å². The molecule has 0 amide bonds. The van der Waals surface area contributed by atoms with Crippen LogP contribution in [0.2, 0.25) is 0 Å². The number of hydrogen-bond donors (Lipinski definition) is 2. The summed E-state index contributed by atoms with van der Waals surface area (Å²) in [6.07, 6.45) is -0.661. The molecule has 0 bridgehead atoms. The van der Waals surface area contributed by atoms with Gasteiger partial charge in [0, 0.05) is 16.7 Å². The lowest BCUT2D eigenvalue weighted by molar-refractivity contribution is 0.0601. The van der Waals surface area contributed by atoms with E-state index in [9.17, 15) is 9.90 Å². The largest absolute Gasteiger partial charge is 0.465 e. The van der Waals surface area contributed by atoms with Gasteiger partial charge < -0.3 is 15.2 Å². The zero-order valence-corrected chi connectivity index (χ0v) is 11.6. The third-order valence-corrected chi connectivity index (χ3v) is 2.94. The van der Waals surface area contributed by atoms with Crippen LogP contribution in [0.15, 0.2) is 22.7 Å². The Morgan fingerprint density at radius 1 is 1.65 bits per heavy atom. The monoisotopic (exact) mass is 321 g/mol. The second-order valence-electron chi connectivity index (χ2n) is 3.37. The van der Waals surface area contributed by atoms with Crippen molar-refractivity contribution in [2.24, 2.45) is 0 Å². The number of rotatable bonds is 5. The quantitative estimate of drug-likeness (QED) is 0.645. The van der Waals surface area contributed by atoms with E-state index in [1.54, 1.807) is 18.2 Å². The summed E-state index contributed by atoms with van der Waals surface area (Å²) in [6, 6.07) is 5.18. The average molecular weight is 323 g/mol. The minimum absolute atomic E-state index is 0.136. The smallest absolute Gasteiger partial charge is 0.340 e. The molecular formula is C11H13BrClNO3. The number of aliphatic hydroxyl groups excluding tert-OH is 1. The normalized spacial score (nSPS) is 12.0. The number of alkyl halides is 1. The van der Waals surface area contributed by atoms with E-state index in [1.165, 1.54) is 7.11 Å². The van der Waals surface area contributed by atoms with E-state index in [0.29, 0.717) is 11.3 Å². The Morgan fingerprint density at radius 3 is 2.94 bits per heavy atom. The molecule has 0 heterocycles. The van der Waals surface area contributed by atoms with Crippen LogP contribution in [-0.2, 0) is 4.74 Å². The minimum atomic E-state index is -0.661. The number of esters is 1. The molecule has 0 aliphatic carbocycles. The number of carbonyl (C=O) groups is 1. The molecule has 0 spiro atoms. The lowest BCUT2D eigenvalue weighted by Gasteiger charge is -2.13. The Labute approximate surface area is 113 Å². The van der Waals surface area contributed by atoms with Gasteiger partial charge in [-0.15, -0.1) is 11.6 Å². The Kier molecular flexibility index (Phi) is 5.74. The highest BCUT2D eigenvalue weighted by Crippen LogP contribution is 2.21. The molecule has 1 aromatic rings. The number of carbonyl (C=O) groups excluding carboxylic acids is 1. The zero-order valence-electron chi connectivity index (χ0n) is 9.24. The van der Waals surface area contributed by atoms with E-state index in [0.717, 1.165) is 4.47 Å². The maximum atomic E-state index is 11.5. The fourth-order valence-corrected chi connectivity index (χ4v) is 1.70. The highest BCUT2D eigenvalue weighted by atomic mass is 79.9. The molecule has 17 heavy (non-hydrogen) atoms. The van der Waals surface area contributed by atoms with E-state index >= 15 is 0 Å². The van der Waals surface area contributed by atoms with E-state index in [4.69, 9.17) is 11.6 Å². The van der Waals surface area contributed by atoms with Crippen LogP contribution < -0.4 is 5.32 Å². The van der Waals surface area contributed by atoms with E-state index < -0.39 is 12.1 Å². The van der Waals surface area contributed by atoms with Crippen molar-refractivity contribution in [3.63, 3.8) is 0 Å². The van der Waals surface area contributed by atoms with Gasteiger partial charge >= 0.3 is 5.97 Å². The molecule has 94 valence electrons. The molecule has 0 saturated carbocycles. The van der Waals surface area contributed by atoms with Crippen LogP contribution in [0.5, 0.6) is 0 Å². The third kappa shape index (κ3) is 4.18. The van der Waals surface area contributed by atoms with Gasteiger partial charge in [-0.1, -0.05) is 15.9 Å². The van der Waals surface area contributed by atoms with Gasteiger partial charge in [0.15, 0.2) is 0 Å². The van der Waals surface area contributed by atoms with E-state index in [1.807, 2.05) is 0 Å². The number of hydrogen-bond acceptors (Lipinski definition) is 4. The Balaban J connectivity index is 2.86. The summed E-state index contributed by atoms with van der Waals surface area (Å²) in [5.74, 6) is -0.300. The number of benzene rings is 1. The number of anilines is 1. The summed E-state index contributed by atoms with van der Waals surface area (Å²) >= 11 is 8.77. The molecule has 1 aromatic carbocycles. The summed E-state index contributed by atoms with van der Waals surface area (Å²) in [5.41, 5.74) is 1.01. The van der Waals surface area contributed by atoms with Crippen molar-refractivity contribution >= 4 is 39.2 Å². The molecule has 0 saturated heterocycles. The first-order chi connectivity index (χ1) is 8.08. The molecule has 0 aromatic heterocycles. The second-order valence-corrected chi connectivity index (χ2v) is 4.59. The van der Waals surface area contributed by atoms with Gasteiger partial charge in [0.1, 0.15) is 0 Å². The highest BCUT2D eigenvalue weighted by Gasteiger charge is 2.13. The van der Waals surface area contributed by atoms with Crippen LogP contribution >= 0.6 is 27.5 Å². The van der Waals surface area contributed by atoms with Crippen molar-refractivity contribution in [1.82, 2.24) is 0 Å². The Hall–Kier alpha value is -0.780. The highest BCUT2D eigenvalue weighted by molar-refractivity contribution is 9.10. The number of halogens is 2. The molecular weight excluding hydrogens is 309 g/mol. The molecule has 0 aliphatic heterocycles. The van der Waals surface area contributed by atoms with Crippen molar-refractivity contribution < 1.29 is 14.6 Å². The van der Waals surface area contributed by atoms with Crippen molar-refractivity contribution in [2.75, 3.05) is 24.9 Å². The van der Waals surface area contributed by atoms with Crippen molar-refractivity contribution in [3.05, 3.63) is 28.2 Å². The summed E-state index contributed by atoms with van der Waals surface area (Å²) in [5, 5.41) is 12.3. The number of nitrogens with one attached hydrogen (secondary N) is 1. The van der Waals surface area contributed by atoms with Gasteiger partial charge in [0.05, 0.1) is 24.7 Å². The van der Waals surface area contributed by atoms with Gasteiger partial charge in [-0.05, 0) is 18.2 Å². The molecule has 2 N–H and O–H groups in total. The SMILES string of the molecule is COC(=O)c1cc(Br)ccc1NCC(O)CCl. The molecule has 1 rings (SSSR count). The first-order valence-corrected chi connectivity index (χ1v) is 6.27. The van der Waals surface area contributed by atoms with E-state index in [-0.39, 0.29) is 12.4 Å². The number of aliphatic hydroxyl groups is 1. The first-order valence-electron chi connectivity index (χ1n) is 4.94. The standard InChI is InChI=1S/C11H13BrClNO3/c1-17-11(16)9-4-7(12)2-3-10(9)14-6-8(15)5-13/h2-4,8,14-15H,5-6H2,1H3. The van der Waals surface area contributed by atoms with Crippen LogP contribution in [-0.4, -0.2) is 36.7 Å². The summed E-state index contributed by atoms with van der Waals surface area (Å²) in [6.45, 7) is 0.273. The summed E-state index contributed by atoms with van der Waals surface area (Å²) in [4.78, 5) is 11.5. The lowest BCUT2D eigenvalue weighted by atomic mass is 10.1. The third-order valence-electron chi connectivity index (χ3n) is 2.09. The lowest BCUT2D eigenvalue weighted by Crippen LogP contribution is -2.22. The van der Waals surface area contributed by atoms with Gasteiger partial charge in [-0.25, -0.2) is 4.79 Å². The fourth-order valence-electron chi connectivity index (χ4n) is 1.23.